The van der Waals surface area contributed by atoms with Gasteiger partial charge >= 0.3 is 0 Å². The SMILES string of the molecule is [2H]C([2H])([2H])c1c[n+](C)c(-c2ccc3c(c2C)Cc2ccccc2-3)cc1C. The fourth-order valence-corrected chi connectivity index (χ4v) is 3.66. The summed E-state index contributed by atoms with van der Waals surface area (Å²) in [5, 5.41) is 0. The summed E-state index contributed by atoms with van der Waals surface area (Å²) in [6, 6.07) is 14.9. The first-order valence-corrected chi connectivity index (χ1v) is 7.99. The van der Waals surface area contributed by atoms with Crippen molar-refractivity contribution < 1.29 is 8.68 Å². The van der Waals surface area contributed by atoms with Crippen molar-refractivity contribution in [2.45, 2.75) is 27.1 Å². The van der Waals surface area contributed by atoms with Crippen LogP contribution in [0.1, 0.15) is 31.9 Å². The van der Waals surface area contributed by atoms with Crippen LogP contribution in [0, 0.1) is 20.7 Å². The molecule has 3 aromatic rings. The summed E-state index contributed by atoms with van der Waals surface area (Å²) < 4.78 is 25.1. The predicted octanol–water partition coefficient (Wildman–Crippen LogP) is 4.67. The van der Waals surface area contributed by atoms with Crippen molar-refractivity contribution in [3.05, 3.63) is 76.5 Å². The minimum atomic E-state index is -2.09. The molecule has 1 heterocycles. The maximum absolute atomic E-state index is 7.72. The van der Waals surface area contributed by atoms with Gasteiger partial charge in [-0.25, -0.2) is 4.57 Å². The molecule has 0 atom stereocenters. The number of fused-ring (bicyclic) bond motifs is 3. The van der Waals surface area contributed by atoms with Crippen molar-refractivity contribution in [3.8, 4) is 22.4 Å². The van der Waals surface area contributed by atoms with Crippen LogP contribution in [-0.4, -0.2) is 0 Å². The van der Waals surface area contributed by atoms with Crippen LogP contribution in [0.2, 0.25) is 0 Å². The monoisotopic (exact) mass is 303 g/mol. The summed E-state index contributed by atoms with van der Waals surface area (Å²) in [4.78, 5) is 0. The van der Waals surface area contributed by atoms with Crippen molar-refractivity contribution in [1.82, 2.24) is 0 Å². The average Bonchev–Trinajstić information content (AvgIpc) is 2.96. The number of rotatable bonds is 1. The quantitative estimate of drug-likeness (QED) is 0.450. The van der Waals surface area contributed by atoms with E-state index in [2.05, 4.69) is 43.3 Å². The van der Waals surface area contributed by atoms with E-state index in [4.69, 9.17) is 4.11 Å². The Kier molecular flexibility index (Phi) is 2.46. The molecule has 1 aliphatic carbocycles. The third kappa shape index (κ3) is 2.11. The average molecular weight is 303 g/mol. The molecule has 2 aromatic carbocycles. The van der Waals surface area contributed by atoms with Gasteiger partial charge in [-0.05, 0) is 66.6 Å². The zero-order valence-electron chi connectivity index (χ0n) is 16.8. The molecule has 0 N–H and O–H groups in total. The lowest BCUT2D eigenvalue weighted by molar-refractivity contribution is -0.660. The van der Waals surface area contributed by atoms with Gasteiger partial charge in [0.1, 0.15) is 7.05 Å². The normalized spacial score (nSPS) is 14.7. The van der Waals surface area contributed by atoms with Crippen LogP contribution in [0.15, 0.2) is 48.7 Å². The summed E-state index contributed by atoms with van der Waals surface area (Å²) in [5.74, 6) is 0. The lowest BCUT2D eigenvalue weighted by Crippen LogP contribution is -2.31. The van der Waals surface area contributed by atoms with Gasteiger partial charge in [-0.3, -0.25) is 0 Å². The van der Waals surface area contributed by atoms with E-state index in [0.29, 0.717) is 5.56 Å². The zero-order valence-corrected chi connectivity index (χ0v) is 13.8. The largest absolute Gasteiger partial charge is 0.212 e. The Bertz CT molecular complexity index is 1030. The molecule has 1 heteroatoms. The maximum atomic E-state index is 7.72. The van der Waals surface area contributed by atoms with E-state index in [0.717, 1.165) is 17.7 Å². The summed E-state index contributed by atoms with van der Waals surface area (Å²) in [6.45, 7) is 1.96. The highest BCUT2D eigenvalue weighted by Gasteiger charge is 2.23. The van der Waals surface area contributed by atoms with Gasteiger partial charge in [-0.1, -0.05) is 30.3 Å². The first kappa shape index (κ1) is 11.2. The van der Waals surface area contributed by atoms with Gasteiger partial charge in [0.25, 0.3) is 0 Å². The lowest BCUT2D eigenvalue weighted by atomic mass is 9.94. The molecule has 0 saturated carbocycles. The summed E-state index contributed by atoms with van der Waals surface area (Å²) >= 11 is 0. The molecule has 0 spiro atoms. The number of hydrogen-bond acceptors (Lipinski definition) is 0. The van der Waals surface area contributed by atoms with E-state index in [-0.39, 0.29) is 0 Å². The molecule has 1 nitrogen and oxygen atoms in total. The van der Waals surface area contributed by atoms with Gasteiger partial charge in [0.2, 0.25) is 5.69 Å². The zero-order chi connectivity index (χ0) is 18.6. The van der Waals surface area contributed by atoms with E-state index >= 15 is 0 Å². The second-order valence-corrected chi connectivity index (χ2v) is 6.46. The second kappa shape index (κ2) is 5.06. The summed E-state index contributed by atoms with van der Waals surface area (Å²) in [6.07, 6.45) is 2.71. The Balaban J connectivity index is 1.86. The Morgan fingerprint density at radius 3 is 2.57 bits per heavy atom. The topological polar surface area (TPSA) is 3.88 Å². The molecular formula is C22H22N+. The second-order valence-electron chi connectivity index (χ2n) is 6.46. The van der Waals surface area contributed by atoms with Gasteiger partial charge < -0.3 is 0 Å². The minimum absolute atomic E-state index is 0.412. The molecule has 1 aliphatic rings. The van der Waals surface area contributed by atoms with Crippen LogP contribution in [0.3, 0.4) is 0 Å². The number of aromatic nitrogens is 1. The smallest absolute Gasteiger partial charge is 0.201 e. The van der Waals surface area contributed by atoms with Crippen LogP contribution in [0.4, 0.5) is 0 Å². The van der Waals surface area contributed by atoms with Crippen molar-refractivity contribution in [3.63, 3.8) is 0 Å². The summed E-state index contributed by atoms with van der Waals surface area (Å²) in [7, 11) is 1.92. The number of hydrogen-bond donors (Lipinski definition) is 0. The van der Waals surface area contributed by atoms with Crippen molar-refractivity contribution in [2.24, 2.45) is 7.05 Å². The molecule has 0 unspecified atom stereocenters. The van der Waals surface area contributed by atoms with Crippen molar-refractivity contribution >= 4 is 0 Å². The van der Waals surface area contributed by atoms with Crippen LogP contribution in [-0.2, 0) is 13.5 Å². The molecular weight excluding hydrogens is 278 g/mol. The van der Waals surface area contributed by atoms with Gasteiger partial charge in [-0.2, -0.15) is 0 Å². The molecule has 1 aromatic heterocycles. The Labute approximate surface area is 142 Å². The van der Waals surface area contributed by atoms with E-state index in [1.807, 2.05) is 24.6 Å². The number of benzene rings is 2. The molecule has 0 amide bonds. The first-order valence-electron chi connectivity index (χ1n) is 9.49. The minimum Gasteiger partial charge on any atom is -0.201 e. The van der Waals surface area contributed by atoms with Gasteiger partial charge in [-0.15, -0.1) is 0 Å². The van der Waals surface area contributed by atoms with Crippen molar-refractivity contribution in [2.75, 3.05) is 0 Å². The lowest BCUT2D eigenvalue weighted by Gasteiger charge is -2.11. The first-order chi connectivity index (χ1) is 12.3. The van der Waals surface area contributed by atoms with E-state index < -0.39 is 6.85 Å². The molecule has 114 valence electrons. The van der Waals surface area contributed by atoms with Gasteiger partial charge in [0, 0.05) is 21.3 Å². The third-order valence-corrected chi connectivity index (χ3v) is 5.03. The summed E-state index contributed by atoms with van der Waals surface area (Å²) in [5.41, 5.74) is 10.1. The van der Waals surface area contributed by atoms with Gasteiger partial charge in [0.05, 0.1) is 0 Å². The van der Waals surface area contributed by atoms with Crippen LogP contribution < -0.4 is 4.57 Å². The highest BCUT2D eigenvalue weighted by molar-refractivity contribution is 5.81. The molecule has 0 radical (unpaired) electrons. The Morgan fingerprint density at radius 2 is 1.74 bits per heavy atom. The highest BCUT2D eigenvalue weighted by atomic mass is 14.9. The number of nitrogens with zero attached hydrogens (tertiary/aromatic N) is 1. The van der Waals surface area contributed by atoms with Crippen LogP contribution in [0.5, 0.6) is 0 Å². The molecule has 4 rings (SSSR count). The predicted molar refractivity (Wildman–Crippen MR) is 95.5 cm³/mol. The standard InChI is InChI=1S/C22H22N/c1-14-11-22(23(4)13-15(14)2)18-9-10-20-19-8-6-5-7-17(19)12-21(20)16(18)3/h5-11,13H,12H2,1-4H3/q+1/i2D3. The molecule has 23 heavy (non-hydrogen) atoms. The number of pyridine rings is 1. The fourth-order valence-electron chi connectivity index (χ4n) is 3.66. The Hall–Kier alpha value is -2.41. The van der Waals surface area contributed by atoms with Crippen LogP contribution >= 0.6 is 0 Å². The molecule has 0 bridgehead atoms. The number of aryl methyl sites for hydroxylation is 3. The molecule has 0 saturated heterocycles. The third-order valence-electron chi connectivity index (χ3n) is 5.03. The molecule has 0 fully saturated rings. The fraction of sp³-hybridized carbons (Fsp3) is 0.227. The highest BCUT2D eigenvalue weighted by Crippen LogP contribution is 2.40. The van der Waals surface area contributed by atoms with Crippen LogP contribution in [0.25, 0.3) is 22.4 Å². The van der Waals surface area contributed by atoms with E-state index in [9.17, 15) is 0 Å². The molecule has 0 aliphatic heterocycles. The van der Waals surface area contributed by atoms with E-state index in [1.165, 1.54) is 33.4 Å². The maximum Gasteiger partial charge on any atom is 0.212 e. The van der Waals surface area contributed by atoms with Crippen molar-refractivity contribution in [1.29, 1.82) is 0 Å². The Morgan fingerprint density at radius 1 is 0.957 bits per heavy atom. The van der Waals surface area contributed by atoms with Gasteiger partial charge in [0.15, 0.2) is 6.20 Å². The van der Waals surface area contributed by atoms with E-state index in [1.54, 1.807) is 6.20 Å².